The van der Waals surface area contributed by atoms with Gasteiger partial charge in [-0.25, -0.2) is 0 Å². The first kappa shape index (κ1) is 12.4. The zero-order valence-corrected chi connectivity index (χ0v) is 11.1. The third-order valence-corrected chi connectivity index (χ3v) is 3.96. The van der Waals surface area contributed by atoms with Crippen LogP contribution in [0.1, 0.15) is 31.7 Å². The van der Waals surface area contributed by atoms with Gasteiger partial charge in [-0.2, -0.15) is 0 Å². The molecule has 0 spiro atoms. The third kappa shape index (κ3) is 1.95. The van der Waals surface area contributed by atoms with Crippen LogP contribution >= 0.6 is 11.6 Å². The minimum atomic E-state index is -0.364. The number of amides is 1. The summed E-state index contributed by atoms with van der Waals surface area (Å²) >= 11 is 5.70. The van der Waals surface area contributed by atoms with E-state index in [1.165, 1.54) is 0 Å². The van der Waals surface area contributed by atoms with Crippen LogP contribution in [-0.2, 0) is 10.2 Å². The van der Waals surface area contributed by atoms with Crippen LogP contribution in [0.3, 0.4) is 0 Å². The zero-order chi connectivity index (χ0) is 12.5. The number of hydrogen-bond donors (Lipinski definition) is 0. The predicted molar refractivity (Wildman–Crippen MR) is 71.8 cm³/mol. The number of anilines is 1. The van der Waals surface area contributed by atoms with Crippen molar-refractivity contribution in [3.05, 3.63) is 29.8 Å². The molecule has 92 valence electrons. The van der Waals surface area contributed by atoms with Crippen molar-refractivity contribution < 1.29 is 4.79 Å². The highest BCUT2D eigenvalue weighted by Crippen LogP contribution is 2.43. The molecule has 2 nitrogen and oxygen atoms in total. The van der Waals surface area contributed by atoms with E-state index >= 15 is 0 Å². The number of carbonyl (C=O) groups excluding carboxylic acids is 1. The molecule has 0 radical (unpaired) electrons. The molecule has 0 N–H and O–H groups in total. The molecule has 1 aromatic carbocycles. The molecular formula is C14H18ClNO. The van der Waals surface area contributed by atoms with Crippen LogP contribution in [0, 0.1) is 0 Å². The van der Waals surface area contributed by atoms with E-state index in [0.29, 0.717) is 5.88 Å². The summed E-state index contributed by atoms with van der Waals surface area (Å²) in [4.78, 5) is 14.1. The average Bonchev–Trinajstić information content (AvgIpc) is 2.54. The van der Waals surface area contributed by atoms with E-state index in [0.717, 1.165) is 30.5 Å². The van der Waals surface area contributed by atoms with E-state index in [4.69, 9.17) is 11.6 Å². The van der Waals surface area contributed by atoms with Gasteiger partial charge in [-0.05, 0) is 31.4 Å². The van der Waals surface area contributed by atoms with Crippen LogP contribution in [0.2, 0.25) is 0 Å². The number of hydrogen-bond acceptors (Lipinski definition) is 1. The van der Waals surface area contributed by atoms with E-state index in [1.807, 2.05) is 32.2 Å². The second kappa shape index (κ2) is 4.69. The minimum absolute atomic E-state index is 0.202. The van der Waals surface area contributed by atoms with Gasteiger partial charge in [0.2, 0.25) is 5.91 Å². The summed E-state index contributed by atoms with van der Waals surface area (Å²) < 4.78 is 0. The average molecular weight is 252 g/mol. The maximum absolute atomic E-state index is 12.4. The first-order valence-corrected chi connectivity index (χ1v) is 6.58. The monoisotopic (exact) mass is 251 g/mol. The second-order valence-corrected chi connectivity index (χ2v) is 5.24. The van der Waals surface area contributed by atoms with Gasteiger partial charge in [0.25, 0.3) is 0 Å². The van der Waals surface area contributed by atoms with Gasteiger partial charge in [0.1, 0.15) is 0 Å². The summed E-state index contributed by atoms with van der Waals surface area (Å²) in [7, 11) is 1.86. The van der Waals surface area contributed by atoms with Crippen molar-refractivity contribution in [1.29, 1.82) is 0 Å². The molecular weight excluding hydrogens is 234 g/mol. The van der Waals surface area contributed by atoms with Gasteiger partial charge in [0, 0.05) is 18.6 Å². The van der Waals surface area contributed by atoms with E-state index in [-0.39, 0.29) is 11.3 Å². The van der Waals surface area contributed by atoms with Crippen LogP contribution in [0.25, 0.3) is 0 Å². The Bertz CT molecular complexity index is 432. The highest BCUT2D eigenvalue weighted by atomic mass is 35.5. The summed E-state index contributed by atoms with van der Waals surface area (Å²) in [5, 5.41) is 0. The molecule has 0 saturated carbocycles. The number of para-hydroxylation sites is 1. The summed E-state index contributed by atoms with van der Waals surface area (Å²) in [5.41, 5.74) is 1.84. The molecule has 2 rings (SSSR count). The van der Waals surface area contributed by atoms with Crippen LogP contribution in [-0.4, -0.2) is 18.8 Å². The largest absolute Gasteiger partial charge is 0.314 e. The van der Waals surface area contributed by atoms with Crippen molar-refractivity contribution >= 4 is 23.2 Å². The fourth-order valence-electron chi connectivity index (χ4n) is 2.64. The number of nitrogens with zero attached hydrogens (tertiary/aromatic N) is 1. The van der Waals surface area contributed by atoms with Crippen LogP contribution < -0.4 is 4.90 Å². The van der Waals surface area contributed by atoms with Gasteiger partial charge in [-0.1, -0.05) is 24.6 Å². The Kier molecular flexibility index (Phi) is 3.43. The first-order valence-electron chi connectivity index (χ1n) is 6.05. The SMILES string of the molecule is CN1C(=O)[C@@](C)(CCCCCl)c2ccccc21. The summed E-state index contributed by atoms with van der Waals surface area (Å²) in [5.74, 6) is 0.871. The van der Waals surface area contributed by atoms with Gasteiger partial charge in [-0.15, -0.1) is 11.6 Å². The molecule has 0 fully saturated rings. The lowest BCUT2D eigenvalue weighted by atomic mass is 9.79. The van der Waals surface area contributed by atoms with Crippen molar-refractivity contribution in [2.75, 3.05) is 17.8 Å². The lowest BCUT2D eigenvalue weighted by molar-refractivity contribution is -0.122. The standard InChI is InChI=1S/C14H18ClNO/c1-14(9-5-6-10-15)11-7-3-4-8-12(11)16(2)13(14)17/h3-4,7-8H,5-6,9-10H2,1-2H3/t14-/m0/s1. The molecule has 1 aliphatic rings. The maximum atomic E-state index is 12.4. The third-order valence-electron chi connectivity index (χ3n) is 3.70. The molecule has 3 heteroatoms. The fourth-order valence-corrected chi connectivity index (χ4v) is 2.83. The normalized spacial score (nSPS) is 23.0. The molecule has 0 aromatic heterocycles. The van der Waals surface area contributed by atoms with E-state index in [2.05, 4.69) is 6.07 Å². The molecule has 1 heterocycles. The number of carbonyl (C=O) groups is 1. The Balaban J connectivity index is 2.31. The lowest BCUT2D eigenvalue weighted by Crippen LogP contribution is -2.36. The highest BCUT2D eigenvalue weighted by molar-refractivity contribution is 6.17. The van der Waals surface area contributed by atoms with Gasteiger partial charge in [0.05, 0.1) is 5.41 Å². The number of fused-ring (bicyclic) bond motifs is 1. The topological polar surface area (TPSA) is 20.3 Å². The van der Waals surface area contributed by atoms with Crippen molar-refractivity contribution in [3.63, 3.8) is 0 Å². The van der Waals surface area contributed by atoms with Crippen molar-refractivity contribution in [1.82, 2.24) is 0 Å². The molecule has 0 bridgehead atoms. The highest BCUT2D eigenvalue weighted by Gasteiger charge is 2.44. The fraction of sp³-hybridized carbons (Fsp3) is 0.500. The molecule has 1 amide bonds. The van der Waals surface area contributed by atoms with Crippen LogP contribution in [0.4, 0.5) is 5.69 Å². The minimum Gasteiger partial charge on any atom is -0.314 e. The molecule has 1 aliphatic heterocycles. The first-order chi connectivity index (χ1) is 8.11. The predicted octanol–water partition coefficient (Wildman–Crippen LogP) is 3.33. The van der Waals surface area contributed by atoms with E-state index < -0.39 is 0 Å². The lowest BCUT2D eigenvalue weighted by Gasteiger charge is -2.23. The number of benzene rings is 1. The zero-order valence-electron chi connectivity index (χ0n) is 10.4. The number of halogens is 1. The van der Waals surface area contributed by atoms with Crippen molar-refractivity contribution in [3.8, 4) is 0 Å². The van der Waals surface area contributed by atoms with E-state index in [9.17, 15) is 4.79 Å². The number of likely N-dealkylation sites (N-methyl/N-ethyl adjacent to an activating group) is 1. The Morgan fingerprint density at radius 2 is 2.00 bits per heavy atom. The van der Waals surface area contributed by atoms with Crippen LogP contribution in [0.15, 0.2) is 24.3 Å². The molecule has 17 heavy (non-hydrogen) atoms. The summed E-state index contributed by atoms with van der Waals surface area (Å²) in [6.45, 7) is 2.05. The quantitative estimate of drug-likeness (QED) is 0.594. The van der Waals surface area contributed by atoms with E-state index in [1.54, 1.807) is 4.90 Å². The Morgan fingerprint density at radius 3 is 2.71 bits per heavy atom. The smallest absolute Gasteiger partial charge is 0.237 e. The number of alkyl halides is 1. The Morgan fingerprint density at radius 1 is 1.29 bits per heavy atom. The van der Waals surface area contributed by atoms with Crippen LogP contribution in [0.5, 0.6) is 0 Å². The van der Waals surface area contributed by atoms with Gasteiger partial charge in [-0.3, -0.25) is 4.79 Å². The molecule has 0 saturated heterocycles. The van der Waals surface area contributed by atoms with Gasteiger partial charge in [0.15, 0.2) is 0 Å². The number of unbranched alkanes of at least 4 members (excludes halogenated alkanes) is 1. The molecule has 1 atom stereocenters. The molecule has 0 aliphatic carbocycles. The van der Waals surface area contributed by atoms with Crippen molar-refractivity contribution in [2.45, 2.75) is 31.6 Å². The summed E-state index contributed by atoms with van der Waals surface area (Å²) in [6, 6.07) is 8.07. The Hall–Kier alpha value is -1.02. The van der Waals surface area contributed by atoms with Gasteiger partial charge < -0.3 is 4.90 Å². The summed E-state index contributed by atoms with van der Waals surface area (Å²) in [6.07, 6.45) is 2.84. The Labute approximate surface area is 108 Å². The molecule has 0 unspecified atom stereocenters. The second-order valence-electron chi connectivity index (χ2n) is 4.86. The van der Waals surface area contributed by atoms with Gasteiger partial charge >= 0.3 is 0 Å². The molecule has 1 aromatic rings. The van der Waals surface area contributed by atoms with Crippen molar-refractivity contribution in [2.24, 2.45) is 0 Å². The number of rotatable bonds is 4. The maximum Gasteiger partial charge on any atom is 0.237 e.